The fourth-order valence-corrected chi connectivity index (χ4v) is 2.83. The molecule has 2 N–H and O–H groups in total. The Balaban J connectivity index is 1.82. The van der Waals surface area contributed by atoms with Crippen LogP contribution in [0.1, 0.15) is 18.9 Å². The molecule has 0 amide bonds. The fraction of sp³-hybridized carbons (Fsp3) is 0.375. The van der Waals surface area contributed by atoms with Crippen molar-refractivity contribution >= 4 is 10.8 Å². The van der Waals surface area contributed by atoms with Crippen LogP contribution in [0.25, 0.3) is 10.8 Å². The van der Waals surface area contributed by atoms with Gasteiger partial charge in [-0.2, -0.15) is 0 Å². The molecule has 2 unspecified atom stereocenters. The van der Waals surface area contributed by atoms with Crippen LogP contribution in [0.4, 0.5) is 0 Å². The highest BCUT2D eigenvalue weighted by atomic mass is 15.2. The Labute approximate surface area is 108 Å². The summed E-state index contributed by atoms with van der Waals surface area (Å²) in [5.74, 6) is 0. The van der Waals surface area contributed by atoms with Crippen LogP contribution in [0.3, 0.4) is 0 Å². The van der Waals surface area contributed by atoms with Gasteiger partial charge < -0.3 is 5.73 Å². The molecule has 94 valence electrons. The predicted molar refractivity (Wildman–Crippen MR) is 76.4 cm³/mol. The number of fused-ring (bicyclic) bond motifs is 1. The summed E-state index contributed by atoms with van der Waals surface area (Å²) in [5.41, 5.74) is 7.46. The molecule has 2 atom stereocenters. The van der Waals surface area contributed by atoms with Crippen molar-refractivity contribution in [3.05, 3.63) is 48.0 Å². The number of hydrogen-bond donors (Lipinski definition) is 1. The van der Waals surface area contributed by atoms with E-state index in [-0.39, 0.29) is 0 Å². The van der Waals surface area contributed by atoms with E-state index in [0.29, 0.717) is 12.1 Å². The molecule has 0 radical (unpaired) electrons. The molecular formula is C16H20N2. The molecule has 2 aromatic carbocycles. The maximum Gasteiger partial charge on any atom is 0.0237 e. The van der Waals surface area contributed by atoms with Crippen molar-refractivity contribution in [2.75, 3.05) is 6.54 Å². The lowest BCUT2D eigenvalue weighted by Crippen LogP contribution is -2.36. The van der Waals surface area contributed by atoms with E-state index in [1.54, 1.807) is 0 Å². The van der Waals surface area contributed by atoms with Gasteiger partial charge in [-0.15, -0.1) is 0 Å². The zero-order valence-electron chi connectivity index (χ0n) is 10.8. The lowest BCUT2D eigenvalue weighted by molar-refractivity contribution is 0.252. The molecule has 2 nitrogen and oxygen atoms in total. The molecule has 0 spiro atoms. The van der Waals surface area contributed by atoms with Gasteiger partial charge in [0.05, 0.1) is 0 Å². The van der Waals surface area contributed by atoms with E-state index in [0.717, 1.165) is 19.5 Å². The standard InChI is InChI=1S/C16H20N2/c1-12-16(17)8-9-18(12)11-13-6-7-14-4-2-3-5-15(14)10-13/h2-7,10,12,16H,8-9,11,17H2,1H3. The molecule has 18 heavy (non-hydrogen) atoms. The highest BCUT2D eigenvalue weighted by Crippen LogP contribution is 2.21. The van der Waals surface area contributed by atoms with Crippen LogP contribution in [0.15, 0.2) is 42.5 Å². The lowest BCUT2D eigenvalue weighted by atomic mass is 10.1. The molecule has 1 aliphatic rings. The van der Waals surface area contributed by atoms with Crippen molar-refractivity contribution in [1.29, 1.82) is 0 Å². The van der Waals surface area contributed by atoms with Crippen molar-refractivity contribution in [3.63, 3.8) is 0 Å². The quantitative estimate of drug-likeness (QED) is 0.874. The third-order valence-electron chi connectivity index (χ3n) is 4.14. The highest BCUT2D eigenvalue weighted by Gasteiger charge is 2.27. The Morgan fingerprint density at radius 2 is 1.94 bits per heavy atom. The number of hydrogen-bond acceptors (Lipinski definition) is 2. The number of likely N-dealkylation sites (tertiary alicyclic amines) is 1. The van der Waals surface area contributed by atoms with Crippen LogP contribution < -0.4 is 5.73 Å². The van der Waals surface area contributed by atoms with E-state index in [9.17, 15) is 0 Å². The summed E-state index contributed by atoms with van der Waals surface area (Å²) >= 11 is 0. The van der Waals surface area contributed by atoms with Crippen LogP contribution in [-0.4, -0.2) is 23.5 Å². The van der Waals surface area contributed by atoms with Crippen LogP contribution in [0.2, 0.25) is 0 Å². The Hall–Kier alpha value is -1.38. The predicted octanol–water partition coefficient (Wildman–Crippen LogP) is 2.76. The molecule has 2 heteroatoms. The van der Waals surface area contributed by atoms with E-state index < -0.39 is 0 Å². The largest absolute Gasteiger partial charge is 0.326 e. The number of benzene rings is 2. The van der Waals surface area contributed by atoms with Gasteiger partial charge in [0.1, 0.15) is 0 Å². The van der Waals surface area contributed by atoms with Gasteiger partial charge in [-0.1, -0.05) is 36.4 Å². The van der Waals surface area contributed by atoms with Crippen LogP contribution >= 0.6 is 0 Å². The number of nitrogens with two attached hydrogens (primary N) is 1. The number of rotatable bonds is 2. The summed E-state index contributed by atoms with van der Waals surface area (Å²) in [4.78, 5) is 2.48. The second-order valence-corrected chi connectivity index (χ2v) is 5.35. The number of nitrogens with zero attached hydrogens (tertiary/aromatic N) is 1. The van der Waals surface area contributed by atoms with E-state index in [4.69, 9.17) is 5.73 Å². The third-order valence-corrected chi connectivity index (χ3v) is 4.14. The Kier molecular flexibility index (Phi) is 3.06. The minimum atomic E-state index is 0.338. The summed E-state index contributed by atoms with van der Waals surface area (Å²) in [7, 11) is 0. The molecule has 1 fully saturated rings. The minimum Gasteiger partial charge on any atom is -0.326 e. The van der Waals surface area contributed by atoms with E-state index >= 15 is 0 Å². The van der Waals surface area contributed by atoms with E-state index in [1.807, 2.05) is 0 Å². The van der Waals surface area contributed by atoms with Gasteiger partial charge in [0.2, 0.25) is 0 Å². The van der Waals surface area contributed by atoms with Gasteiger partial charge in [-0.3, -0.25) is 4.90 Å². The van der Waals surface area contributed by atoms with Gasteiger partial charge in [0.25, 0.3) is 0 Å². The highest BCUT2D eigenvalue weighted by molar-refractivity contribution is 5.82. The molecule has 1 aliphatic heterocycles. The average Bonchev–Trinajstić information content (AvgIpc) is 2.71. The Morgan fingerprint density at radius 1 is 1.17 bits per heavy atom. The smallest absolute Gasteiger partial charge is 0.0237 e. The second-order valence-electron chi connectivity index (χ2n) is 5.35. The van der Waals surface area contributed by atoms with E-state index in [2.05, 4.69) is 54.3 Å². The Bertz CT molecular complexity index is 550. The minimum absolute atomic E-state index is 0.338. The second kappa shape index (κ2) is 4.71. The lowest BCUT2D eigenvalue weighted by Gasteiger charge is -2.23. The van der Waals surface area contributed by atoms with Gasteiger partial charge >= 0.3 is 0 Å². The molecule has 0 saturated carbocycles. The first kappa shape index (κ1) is 11.7. The van der Waals surface area contributed by atoms with Gasteiger partial charge in [-0.25, -0.2) is 0 Å². The topological polar surface area (TPSA) is 29.3 Å². The molecule has 0 aliphatic carbocycles. The summed E-state index contributed by atoms with van der Waals surface area (Å²) in [6.45, 7) is 4.37. The molecule has 1 saturated heterocycles. The summed E-state index contributed by atoms with van der Waals surface area (Å²) < 4.78 is 0. The average molecular weight is 240 g/mol. The Morgan fingerprint density at radius 3 is 2.67 bits per heavy atom. The van der Waals surface area contributed by atoms with Crippen molar-refractivity contribution < 1.29 is 0 Å². The van der Waals surface area contributed by atoms with Crippen molar-refractivity contribution in [2.24, 2.45) is 5.73 Å². The summed E-state index contributed by atoms with van der Waals surface area (Å²) in [6.07, 6.45) is 1.12. The first-order valence-electron chi connectivity index (χ1n) is 6.71. The van der Waals surface area contributed by atoms with Gasteiger partial charge in [0.15, 0.2) is 0 Å². The maximum atomic E-state index is 6.07. The first-order valence-corrected chi connectivity index (χ1v) is 6.71. The molecule has 2 aromatic rings. The monoisotopic (exact) mass is 240 g/mol. The molecule has 1 heterocycles. The van der Waals surface area contributed by atoms with Crippen LogP contribution in [0, 0.1) is 0 Å². The zero-order chi connectivity index (χ0) is 12.5. The maximum absolute atomic E-state index is 6.07. The van der Waals surface area contributed by atoms with Gasteiger partial charge in [0, 0.05) is 25.2 Å². The van der Waals surface area contributed by atoms with Crippen LogP contribution in [-0.2, 0) is 6.54 Å². The van der Waals surface area contributed by atoms with Crippen molar-refractivity contribution in [1.82, 2.24) is 4.90 Å². The first-order chi connectivity index (χ1) is 8.74. The summed E-state index contributed by atoms with van der Waals surface area (Å²) in [5, 5.41) is 2.64. The van der Waals surface area contributed by atoms with Crippen molar-refractivity contribution in [2.45, 2.75) is 32.0 Å². The third kappa shape index (κ3) is 2.14. The van der Waals surface area contributed by atoms with Gasteiger partial charge in [-0.05, 0) is 35.7 Å². The normalized spacial score (nSPS) is 24.8. The summed E-state index contributed by atoms with van der Waals surface area (Å²) in [6, 6.07) is 16.1. The molecular weight excluding hydrogens is 220 g/mol. The fourth-order valence-electron chi connectivity index (χ4n) is 2.83. The zero-order valence-corrected chi connectivity index (χ0v) is 10.8. The van der Waals surface area contributed by atoms with Crippen molar-refractivity contribution in [3.8, 4) is 0 Å². The van der Waals surface area contributed by atoms with Crippen LogP contribution in [0.5, 0.6) is 0 Å². The SMILES string of the molecule is CC1C(N)CCN1Cc1ccc2ccccc2c1. The molecule has 0 bridgehead atoms. The molecule has 3 rings (SSSR count). The van der Waals surface area contributed by atoms with E-state index in [1.165, 1.54) is 16.3 Å². The molecule has 0 aromatic heterocycles.